The van der Waals surface area contributed by atoms with Crippen molar-refractivity contribution >= 4 is 17.6 Å². The molecular formula is C23H30N4O2. The first-order chi connectivity index (χ1) is 14.0. The van der Waals surface area contributed by atoms with E-state index in [1.54, 1.807) is 0 Å². The Morgan fingerprint density at radius 3 is 2.45 bits per heavy atom. The number of ether oxygens (including phenoxy) is 1. The Morgan fingerprint density at radius 2 is 1.72 bits per heavy atom. The zero-order valence-corrected chi connectivity index (χ0v) is 17.5. The van der Waals surface area contributed by atoms with Crippen LogP contribution in [0.15, 0.2) is 47.5 Å². The van der Waals surface area contributed by atoms with Crippen LogP contribution in [0.25, 0.3) is 0 Å². The van der Waals surface area contributed by atoms with Gasteiger partial charge in [0.15, 0.2) is 0 Å². The molecule has 1 fully saturated rings. The van der Waals surface area contributed by atoms with E-state index in [1.165, 1.54) is 0 Å². The number of carbonyl (C=O) groups is 1. The van der Waals surface area contributed by atoms with Crippen molar-refractivity contribution in [3.8, 4) is 0 Å². The molecule has 1 heterocycles. The molecule has 0 bridgehead atoms. The molecule has 1 saturated heterocycles. The molecule has 1 aliphatic rings. The molecule has 1 aliphatic heterocycles. The fraction of sp³-hybridized carbons (Fsp3) is 0.391. The maximum absolute atomic E-state index is 12.7. The molecule has 2 aromatic rings. The van der Waals surface area contributed by atoms with Crippen LogP contribution in [0.4, 0.5) is 5.69 Å². The molecule has 29 heavy (non-hydrogen) atoms. The molecule has 2 aromatic carbocycles. The Bertz CT molecular complexity index is 856. The van der Waals surface area contributed by atoms with Crippen molar-refractivity contribution in [1.82, 2.24) is 10.2 Å². The van der Waals surface area contributed by atoms with E-state index in [-0.39, 0.29) is 5.91 Å². The quantitative estimate of drug-likeness (QED) is 0.604. The molecule has 154 valence electrons. The van der Waals surface area contributed by atoms with Crippen LogP contribution in [0, 0.1) is 20.8 Å². The van der Waals surface area contributed by atoms with Crippen LogP contribution < -0.4 is 10.6 Å². The predicted octanol–water partition coefficient (Wildman–Crippen LogP) is 3.14. The van der Waals surface area contributed by atoms with Gasteiger partial charge in [0, 0.05) is 30.9 Å². The van der Waals surface area contributed by atoms with Gasteiger partial charge < -0.3 is 10.1 Å². The van der Waals surface area contributed by atoms with Gasteiger partial charge in [-0.05, 0) is 50.1 Å². The van der Waals surface area contributed by atoms with E-state index in [1.807, 2.05) is 45.0 Å². The number of nitrogens with zero attached hydrogens (tertiary/aromatic N) is 2. The molecule has 0 aromatic heterocycles. The highest BCUT2D eigenvalue weighted by Gasteiger charge is 2.12. The lowest BCUT2D eigenvalue weighted by Gasteiger charge is -2.25. The topological polar surface area (TPSA) is 66.0 Å². The van der Waals surface area contributed by atoms with Gasteiger partial charge in [-0.25, -0.2) is 0 Å². The molecule has 0 saturated carbocycles. The van der Waals surface area contributed by atoms with Crippen molar-refractivity contribution in [1.29, 1.82) is 0 Å². The van der Waals surface area contributed by atoms with Crippen LogP contribution >= 0.6 is 0 Å². The first kappa shape index (κ1) is 21.0. The Morgan fingerprint density at radius 1 is 1.03 bits per heavy atom. The predicted molar refractivity (Wildman–Crippen MR) is 118 cm³/mol. The first-order valence-corrected chi connectivity index (χ1v) is 10.1. The number of morpholine rings is 1. The fourth-order valence-electron chi connectivity index (χ4n) is 3.12. The Balaban J connectivity index is 1.72. The maximum Gasteiger partial charge on any atom is 0.257 e. The third-order valence-electron chi connectivity index (χ3n) is 4.98. The summed E-state index contributed by atoms with van der Waals surface area (Å²) in [5, 5.41) is 6.26. The van der Waals surface area contributed by atoms with Crippen LogP contribution in [0.1, 0.15) is 27.0 Å². The Labute approximate surface area is 173 Å². The minimum atomic E-state index is -0.173. The van der Waals surface area contributed by atoms with Gasteiger partial charge in [0.1, 0.15) is 0 Å². The average molecular weight is 395 g/mol. The van der Waals surface area contributed by atoms with Crippen molar-refractivity contribution in [3.63, 3.8) is 0 Å². The number of nitrogens with one attached hydrogen (secondary N) is 2. The number of anilines is 1. The summed E-state index contributed by atoms with van der Waals surface area (Å²) >= 11 is 0. The zero-order chi connectivity index (χ0) is 20.6. The summed E-state index contributed by atoms with van der Waals surface area (Å²) in [4.78, 5) is 19.7. The summed E-state index contributed by atoms with van der Waals surface area (Å²) in [6, 6.07) is 13.7. The van der Waals surface area contributed by atoms with E-state index in [2.05, 4.69) is 38.7 Å². The Kier molecular flexibility index (Phi) is 7.38. The summed E-state index contributed by atoms with van der Waals surface area (Å²) < 4.78 is 5.39. The van der Waals surface area contributed by atoms with Gasteiger partial charge in [-0.2, -0.15) is 0 Å². The van der Waals surface area contributed by atoms with E-state index in [0.29, 0.717) is 18.1 Å². The molecule has 0 atom stereocenters. The highest BCUT2D eigenvalue weighted by Crippen LogP contribution is 2.16. The SMILES string of the molecule is Cc1ccc(C(=O)NC(=NCCN2CCOCC2)Nc2cc(C)ccc2C)cc1. The van der Waals surface area contributed by atoms with Gasteiger partial charge >= 0.3 is 0 Å². The van der Waals surface area contributed by atoms with Gasteiger partial charge in [-0.3, -0.25) is 20.0 Å². The molecule has 0 radical (unpaired) electrons. The summed E-state index contributed by atoms with van der Waals surface area (Å²) in [5.74, 6) is 0.297. The summed E-state index contributed by atoms with van der Waals surface area (Å²) in [6.45, 7) is 10.9. The summed E-state index contributed by atoms with van der Waals surface area (Å²) in [7, 11) is 0. The largest absolute Gasteiger partial charge is 0.379 e. The van der Waals surface area contributed by atoms with Crippen LogP contribution in [-0.4, -0.2) is 56.2 Å². The number of guanidine groups is 1. The molecule has 0 spiro atoms. The van der Waals surface area contributed by atoms with E-state index >= 15 is 0 Å². The monoisotopic (exact) mass is 394 g/mol. The third-order valence-corrected chi connectivity index (χ3v) is 4.98. The third kappa shape index (κ3) is 6.41. The van der Waals surface area contributed by atoms with Crippen molar-refractivity contribution in [2.45, 2.75) is 20.8 Å². The normalized spacial score (nSPS) is 15.2. The van der Waals surface area contributed by atoms with Gasteiger partial charge in [0.2, 0.25) is 5.96 Å². The van der Waals surface area contributed by atoms with Gasteiger partial charge in [0.05, 0.1) is 19.8 Å². The molecule has 0 unspecified atom stereocenters. The minimum Gasteiger partial charge on any atom is -0.379 e. The second kappa shape index (κ2) is 10.2. The highest BCUT2D eigenvalue weighted by atomic mass is 16.5. The van der Waals surface area contributed by atoms with Crippen molar-refractivity contribution in [3.05, 3.63) is 64.7 Å². The molecule has 1 amide bonds. The molecular weight excluding hydrogens is 364 g/mol. The number of benzene rings is 2. The van der Waals surface area contributed by atoms with Crippen LogP contribution in [-0.2, 0) is 4.74 Å². The molecule has 6 nitrogen and oxygen atoms in total. The second-order valence-electron chi connectivity index (χ2n) is 7.45. The molecule has 6 heteroatoms. The Hall–Kier alpha value is -2.70. The lowest BCUT2D eigenvalue weighted by molar-refractivity contribution is 0.0394. The van der Waals surface area contributed by atoms with Crippen LogP contribution in [0.5, 0.6) is 0 Å². The number of hydrogen-bond donors (Lipinski definition) is 2. The molecule has 3 rings (SSSR count). The zero-order valence-electron chi connectivity index (χ0n) is 17.5. The van der Waals surface area contributed by atoms with E-state index in [4.69, 9.17) is 4.74 Å². The number of aryl methyl sites for hydroxylation is 3. The van der Waals surface area contributed by atoms with Gasteiger partial charge in [-0.15, -0.1) is 0 Å². The summed E-state index contributed by atoms with van der Waals surface area (Å²) in [5.41, 5.74) is 4.92. The molecule has 2 N–H and O–H groups in total. The van der Waals surface area contributed by atoms with Crippen molar-refractivity contribution in [2.24, 2.45) is 4.99 Å². The highest BCUT2D eigenvalue weighted by molar-refractivity contribution is 6.10. The van der Waals surface area contributed by atoms with Gasteiger partial charge in [0.25, 0.3) is 5.91 Å². The van der Waals surface area contributed by atoms with Crippen molar-refractivity contribution in [2.75, 3.05) is 44.7 Å². The second-order valence-corrected chi connectivity index (χ2v) is 7.45. The van der Waals surface area contributed by atoms with Crippen LogP contribution in [0.3, 0.4) is 0 Å². The lowest BCUT2D eigenvalue weighted by Crippen LogP contribution is -2.39. The first-order valence-electron chi connectivity index (χ1n) is 10.1. The van der Waals surface area contributed by atoms with E-state index in [0.717, 1.165) is 55.2 Å². The smallest absolute Gasteiger partial charge is 0.257 e. The number of rotatable bonds is 5. The van der Waals surface area contributed by atoms with Crippen LogP contribution in [0.2, 0.25) is 0 Å². The number of carbonyl (C=O) groups excluding carboxylic acids is 1. The minimum absolute atomic E-state index is 0.173. The number of aliphatic imine (C=N–C) groups is 1. The lowest BCUT2D eigenvalue weighted by atomic mass is 10.1. The average Bonchev–Trinajstić information content (AvgIpc) is 2.72. The number of hydrogen-bond acceptors (Lipinski definition) is 4. The standard InChI is InChI=1S/C23H30N4O2/c1-17-5-8-20(9-6-17)22(28)26-23(24-10-11-27-12-14-29-15-13-27)25-21-16-18(2)4-7-19(21)3/h4-9,16H,10-15H2,1-3H3,(H2,24,25,26,28). The fourth-order valence-corrected chi connectivity index (χ4v) is 3.12. The molecule has 0 aliphatic carbocycles. The summed E-state index contributed by atoms with van der Waals surface area (Å²) in [6.07, 6.45) is 0. The van der Waals surface area contributed by atoms with Gasteiger partial charge in [-0.1, -0.05) is 29.8 Å². The van der Waals surface area contributed by atoms with E-state index in [9.17, 15) is 4.79 Å². The van der Waals surface area contributed by atoms with Crippen molar-refractivity contribution < 1.29 is 9.53 Å². The maximum atomic E-state index is 12.7. The number of amides is 1. The van der Waals surface area contributed by atoms with E-state index < -0.39 is 0 Å².